The summed E-state index contributed by atoms with van der Waals surface area (Å²) in [5.74, 6) is -0.191. The minimum absolute atomic E-state index is 0.112. The second-order valence-corrected chi connectivity index (χ2v) is 9.10. The van der Waals surface area contributed by atoms with Gasteiger partial charge in [-0.1, -0.05) is 20.8 Å². The van der Waals surface area contributed by atoms with Crippen molar-refractivity contribution >= 4 is 44.8 Å². The molecule has 1 atom stereocenters. The monoisotopic (exact) mass is 390 g/mol. The van der Waals surface area contributed by atoms with Gasteiger partial charge in [0.1, 0.15) is 15.5 Å². The number of thiophene rings is 1. The third-order valence-electron chi connectivity index (χ3n) is 5.00. The lowest BCUT2D eigenvalue weighted by Gasteiger charge is -2.36. The molecule has 0 aromatic carbocycles. The SMILES string of the molecule is CC1CC(C)(C)Cc2nc3sc(C(=O)O)c(N)c3c(-c3ccc(Cl)o3)c21. The highest BCUT2D eigenvalue weighted by Crippen LogP contribution is 2.50. The Kier molecular flexibility index (Phi) is 3.82. The Balaban J connectivity index is 2.13. The summed E-state index contributed by atoms with van der Waals surface area (Å²) in [6.07, 6.45) is 1.83. The van der Waals surface area contributed by atoms with Crippen molar-refractivity contribution in [3.8, 4) is 11.3 Å². The van der Waals surface area contributed by atoms with E-state index in [1.54, 1.807) is 12.1 Å². The molecule has 7 heteroatoms. The number of anilines is 1. The molecule has 0 saturated carbocycles. The van der Waals surface area contributed by atoms with Crippen molar-refractivity contribution in [2.24, 2.45) is 5.41 Å². The van der Waals surface area contributed by atoms with E-state index < -0.39 is 5.97 Å². The van der Waals surface area contributed by atoms with Crippen LogP contribution in [0.1, 0.15) is 54.0 Å². The standard InChI is InChI=1S/C19H19ClN2O3S/c1-8-6-19(2,3)7-9-12(8)13(10-4-5-11(20)25-10)14-15(21)16(18(23)24)26-17(14)22-9/h4-5,8H,6-7,21H2,1-3H3,(H,23,24). The van der Waals surface area contributed by atoms with Crippen LogP contribution >= 0.6 is 22.9 Å². The Bertz CT molecular complexity index is 1050. The van der Waals surface area contributed by atoms with E-state index in [0.29, 0.717) is 16.0 Å². The number of hydrogen-bond acceptors (Lipinski definition) is 5. The summed E-state index contributed by atoms with van der Waals surface area (Å²) in [7, 11) is 0. The van der Waals surface area contributed by atoms with E-state index in [1.807, 2.05) is 0 Å². The van der Waals surface area contributed by atoms with Gasteiger partial charge >= 0.3 is 5.97 Å². The molecule has 0 saturated heterocycles. The molecular formula is C19H19ClN2O3S. The molecule has 5 nitrogen and oxygen atoms in total. The van der Waals surface area contributed by atoms with Crippen molar-refractivity contribution in [1.29, 1.82) is 0 Å². The third-order valence-corrected chi connectivity index (χ3v) is 6.30. The molecule has 1 aliphatic rings. The third kappa shape index (κ3) is 2.59. The maximum Gasteiger partial charge on any atom is 0.348 e. The molecular weight excluding hydrogens is 372 g/mol. The van der Waals surface area contributed by atoms with Gasteiger partial charge in [0, 0.05) is 16.6 Å². The van der Waals surface area contributed by atoms with Crippen LogP contribution in [0.15, 0.2) is 16.5 Å². The molecule has 1 unspecified atom stereocenters. The van der Waals surface area contributed by atoms with E-state index in [-0.39, 0.29) is 27.1 Å². The van der Waals surface area contributed by atoms with Gasteiger partial charge < -0.3 is 15.3 Å². The van der Waals surface area contributed by atoms with Crippen LogP contribution < -0.4 is 5.73 Å². The fourth-order valence-corrected chi connectivity index (χ4v) is 5.31. The molecule has 0 bridgehead atoms. The number of aromatic carboxylic acids is 1. The zero-order valence-corrected chi connectivity index (χ0v) is 16.3. The van der Waals surface area contributed by atoms with Crippen molar-refractivity contribution in [3.63, 3.8) is 0 Å². The van der Waals surface area contributed by atoms with Crippen molar-refractivity contribution < 1.29 is 14.3 Å². The summed E-state index contributed by atoms with van der Waals surface area (Å²) in [5.41, 5.74) is 9.51. The Labute approximate surface area is 159 Å². The highest BCUT2D eigenvalue weighted by atomic mass is 35.5. The highest BCUT2D eigenvalue weighted by molar-refractivity contribution is 7.21. The Hall–Kier alpha value is -2.05. The van der Waals surface area contributed by atoms with Crippen LogP contribution in [0.5, 0.6) is 0 Å². The highest BCUT2D eigenvalue weighted by Gasteiger charge is 2.36. The van der Waals surface area contributed by atoms with Gasteiger partial charge in [0.25, 0.3) is 0 Å². The smallest absolute Gasteiger partial charge is 0.348 e. The number of carboxylic acid groups (broad SMARTS) is 1. The Morgan fingerprint density at radius 3 is 2.81 bits per heavy atom. The maximum absolute atomic E-state index is 11.6. The number of aromatic nitrogens is 1. The topological polar surface area (TPSA) is 89.3 Å². The second-order valence-electron chi connectivity index (χ2n) is 7.73. The molecule has 0 aliphatic heterocycles. The molecule has 3 heterocycles. The summed E-state index contributed by atoms with van der Waals surface area (Å²) in [6.45, 7) is 6.63. The number of hydrogen-bond donors (Lipinski definition) is 2. The number of pyridine rings is 1. The van der Waals surface area contributed by atoms with Crippen molar-refractivity contribution in [2.45, 2.75) is 39.5 Å². The van der Waals surface area contributed by atoms with Gasteiger partial charge in [0.2, 0.25) is 0 Å². The summed E-state index contributed by atoms with van der Waals surface area (Å²) < 4.78 is 5.71. The molecule has 3 aromatic rings. The van der Waals surface area contributed by atoms with E-state index in [1.165, 1.54) is 0 Å². The number of nitrogens with two attached hydrogens (primary N) is 1. The zero-order valence-electron chi connectivity index (χ0n) is 14.7. The number of carboxylic acids is 1. The zero-order chi connectivity index (χ0) is 18.8. The van der Waals surface area contributed by atoms with Crippen LogP contribution in [-0.4, -0.2) is 16.1 Å². The van der Waals surface area contributed by atoms with Crippen LogP contribution in [0.25, 0.3) is 21.5 Å². The van der Waals surface area contributed by atoms with Crippen LogP contribution in [0, 0.1) is 5.41 Å². The largest absolute Gasteiger partial charge is 0.477 e. The van der Waals surface area contributed by atoms with Gasteiger partial charge in [-0.2, -0.15) is 0 Å². The van der Waals surface area contributed by atoms with E-state index in [9.17, 15) is 9.90 Å². The average molecular weight is 391 g/mol. The van der Waals surface area contributed by atoms with Crippen LogP contribution in [-0.2, 0) is 6.42 Å². The molecule has 0 amide bonds. The van der Waals surface area contributed by atoms with Crippen molar-refractivity contribution in [1.82, 2.24) is 4.98 Å². The van der Waals surface area contributed by atoms with E-state index >= 15 is 0 Å². The minimum Gasteiger partial charge on any atom is -0.477 e. The number of rotatable bonds is 2. The van der Waals surface area contributed by atoms with E-state index in [4.69, 9.17) is 26.7 Å². The van der Waals surface area contributed by atoms with Gasteiger partial charge in [0.05, 0.1) is 5.69 Å². The Morgan fingerprint density at radius 1 is 1.46 bits per heavy atom. The lowest BCUT2D eigenvalue weighted by atomic mass is 9.70. The predicted octanol–water partition coefficient (Wildman–Crippen LogP) is 5.57. The first-order valence-electron chi connectivity index (χ1n) is 8.41. The first kappa shape index (κ1) is 17.4. The molecule has 0 spiro atoms. The second kappa shape index (κ2) is 5.72. The average Bonchev–Trinajstić information content (AvgIpc) is 3.08. The first-order chi connectivity index (χ1) is 12.2. The molecule has 3 aromatic heterocycles. The number of carbonyl (C=O) groups is 1. The summed E-state index contributed by atoms with van der Waals surface area (Å²) in [4.78, 5) is 17.2. The summed E-state index contributed by atoms with van der Waals surface area (Å²) >= 11 is 7.13. The fourth-order valence-electron chi connectivity index (χ4n) is 4.20. The van der Waals surface area contributed by atoms with E-state index in [2.05, 4.69) is 20.8 Å². The lowest BCUT2D eigenvalue weighted by molar-refractivity contribution is 0.0703. The summed E-state index contributed by atoms with van der Waals surface area (Å²) in [5, 5.41) is 10.4. The van der Waals surface area contributed by atoms with Crippen molar-refractivity contribution in [2.75, 3.05) is 5.73 Å². The van der Waals surface area contributed by atoms with Crippen LogP contribution in [0.2, 0.25) is 5.22 Å². The van der Waals surface area contributed by atoms with E-state index in [0.717, 1.165) is 41.0 Å². The van der Waals surface area contributed by atoms with Gasteiger partial charge in [-0.05, 0) is 53.5 Å². The first-order valence-corrected chi connectivity index (χ1v) is 9.61. The summed E-state index contributed by atoms with van der Waals surface area (Å²) in [6, 6.07) is 3.50. The molecule has 4 rings (SSSR count). The van der Waals surface area contributed by atoms with Crippen LogP contribution in [0.3, 0.4) is 0 Å². The lowest BCUT2D eigenvalue weighted by Crippen LogP contribution is -2.26. The van der Waals surface area contributed by atoms with Gasteiger partial charge in [-0.3, -0.25) is 0 Å². The predicted molar refractivity (Wildman–Crippen MR) is 104 cm³/mol. The number of furan rings is 1. The van der Waals surface area contributed by atoms with Crippen LogP contribution in [0.4, 0.5) is 5.69 Å². The number of nitrogen functional groups attached to an aromatic ring is 1. The number of nitrogens with zero attached hydrogens (tertiary/aromatic N) is 1. The molecule has 0 fully saturated rings. The molecule has 3 N–H and O–H groups in total. The van der Waals surface area contributed by atoms with Gasteiger partial charge in [0.15, 0.2) is 5.22 Å². The molecule has 136 valence electrons. The van der Waals surface area contributed by atoms with Crippen molar-refractivity contribution in [3.05, 3.63) is 33.5 Å². The van der Waals surface area contributed by atoms with Gasteiger partial charge in [-0.15, -0.1) is 11.3 Å². The molecule has 26 heavy (non-hydrogen) atoms. The number of fused-ring (bicyclic) bond motifs is 2. The van der Waals surface area contributed by atoms with Gasteiger partial charge in [-0.25, -0.2) is 9.78 Å². The fraction of sp³-hybridized carbons (Fsp3) is 0.368. The minimum atomic E-state index is -1.04. The number of halogens is 1. The Morgan fingerprint density at radius 2 is 2.19 bits per heavy atom. The quantitative estimate of drug-likeness (QED) is 0.597. The normalized spacial score (nSPS) is 18.8. The molecule has 0 radical (unpaired) electrons. The maximum atomic E-state index is 11.6. The molecule has 1 aliphatic carbocycles.